The van der Waals surface area contributed by atoms with Crippen LogP contribution in [0.5, 0.6) is 0 Å². The number of fused-ring (bicyclic) bond motifs is 2. The fourth-order valence-electron chi connectivity index (χ4n) is 3.55. The van der Waals surface area contributed by atoms with Gasteiger partial charge in [0.25, 0.3) is 0 Å². The average molecular weight is 318 g/mol. The van der Waals surface area contributed by atoms with Crippen LogP contribution in [-0.4, -0.2) is 38.2 Å². The number of aromatic nitrogens is 5. The molecule has 0 aromatic carbocycles. The van der Waals surface area contributed by atoms with E-state index in [2.05, 4.69) is 43.7 Å². The second-order valence-electron chi connectivity index (χ2n) is 6.37. The Morgan fingerprint density at radius 3 is 2.83 bits per heavy atom. The van der Waals surface area contributed by atoms with E-state index in [0.717, 1.165) is 59.3 Å². The maximum atomic E-state index is 4.95. The van der Waals surface area contributed by atoms with Gasteiger partial charge in [0.15, 0.2) is 0 Å². The zero-order valence-corrected chi connectivity index (χ0v) is 13.2. The Balaban J connectivity index is 1.62. The van der Waals surface area contributed by atoms with Crippen molar-refractivity contribution in [2.45, 2.75) is 18.8 Å². The third-order valence-electron chi connectivity index (χ3n) is 4.87. The number of nitrogens with zero attached hydrogens (tertiary/aromatic N) is 3. The van der Waals surface area contributed by atoms with Crippen LogP contribution in [-0.2, 0) is 0 Å². The van der Waals surface area contributed by atoms with Crippen LogP contribution in [0.4, 0.5) is 0 Å². The molecule has 0 unspecified atom stereocenters. The van der Waals surface area contributed by atoms with Crippen LogP contribution in [0.15, 0.2) is 36.7 Å². The monoisotopic (exact) mass is 318 g/mol. The van der Waals surface area contributed by atoms with Gasteiger partial charge in [-0.15, -0.1) is 0 Å². The molecule has 5 rings (SSSR count). The summed E-state index contributed by atoms with van der Waals surface area (Å²) in [6.07, 6.45) is 5.92. The SMILES string of the molecule is c1cc2cc(-c3n[nH]c4ccc(C5CCNCC5)nc34)[nH]c2cn1. The Morgan fingerprint density at radius 2 is 1.96 bits per heavy atom. The zero-order valence-electron chi connectivity index (χ0n) is 13.2. The fourth-order valence-corrected chi connectivity index (χ4v) is 3.55. The van der Waals surface area contributed by atoms with Gasteiger partial charge in [-0.25, -0.2) is 4.98 Å². The summed E-state index contributed by atoms with van der Waals surface area (Å²) in [4.78, 5) is 12.5. The van der Waals surface area contributed by atoms with E-state index in [1.165, 1.54) is 5.69 Å². The highest BCUT2D eigenvalue weighted by atomic mass is 15.1. The topological polar surface area (TPSA) is 82.3 Å². The number of piperidine rings is 1. The second kappa shape index (κ2) is 5.42. The molecule has 24 heavy (non-hydrogen) atoms. The molecular formula is C18H18N6. The number of H-pyrrole nitrogens is 2. The molecule has 1 aliphatic heterocycles. The largest absolute Gasteiger partial charge is 0.352 e. The van der Waals surface area contributed by atoms with E-state index in [0.29, 0.717) is 5.92 Å². The first-order valence-corrected chi connectivity index (χ1v) is 8.37. The predicted octanol–water partition coefficient (Wildman–Crippen LogP) is 2.97. The Hall–Kier alpha value is -2.73. The molecule has 0 aliphatic carbocycles. The van der Waals surface area contributed by atoms with Gasteiger partial charge in [0.2, 0.25) is 0 Å². The normalized spacial score (nSPS) is 16.2. The molecule has 6 nitrogen and oxygen atoms in total. The Labute approximate surface area is 138 Å². The molecule has 0 spiro atoms. The Morgan fingerprint density at radius 1 is 1.04 bits per heavy atom. The van der Waals surface area contributed by atoms with Crippen LogP contribution < -0.4 is 5.32 Å². The molecular weight excluding hydrogens is 300 g/mol. The highest BCUT2D eigenvalue weighted by Crippen LogP contribution is 2.30. The van der Waals surface area contributed by atoms with Gasteiger partial charge in [-0.1, -0.05) is 0 Å². The molecule has 3 N–H and O–H groups in total. The van der Waals surface area contributed by atoms with Crippen LogP contribution in [0, 0.1) is 0 Å². The van der Waals surface area contributed by atoms with Gasteiger partial charge in [-0.2, -0.15) is 5.10 Å². The molecule has 0 atom stereocenters. The van der Waals surface area contributed by atoms with E-state index >= 15 is 0 Å². The summed E-state index contributed by atoms with van der Waals surface area (Å²) < 4.78 is 0. The smallest absolute Gasteiger partial charge is 0.135 e. The zero-order chi connectivity index (χ0) is 15.9. The molecule has 1 fully saturated rings. The van der Waals surface area contributed by atoms with E-state index in [1.54, 1.807) is 6.20 Å². The highest BCUT2D eigenvalue weighted by molar-refractivity contribution is 5.93. The van der Waals surface area contributed by atoms with Crippen LogP contribution in [0.3, 0.4) is 0 Å². The molecule has 0 saturated carbocycles. The first-order chi connectivity index (χ1) is 11.9. The van der Waals surface area contributed by atoms with Crippen molar-refractivity contribution >= 4 is 21.9 Å². The molecule has 5 heterocycles. The van der Waals surface area contributed by atoms with Crippen molar-refractivity contribution in [3.8, 4) is 11.4 Å². The first-order valence-electron chi connectivity index (χ1n) is 8.37. The number of aromatic amines is 2. The Kier molecular flexibility index (Phi) is 3.09. The van der Waals surface area contributed by atoms with Gasteiger partial charge in [0, 0.05) is 23.2 Å². The van der Waals surface area contributed by atoms with Gasteiger partial charge in [-0.05, 0) is 50.2 Å². The standard InChI is InChI=1S/C18H18N6/c1-2-14-17(22-13(1)11-3-6-19-7-4-11)18(24-23-14)15-9-12-5-8-20-10-16(12)21-15/h1-2,5,8-11,19,21H,3-4,6-7H2,(H,23,24). The quantitative estimate of drug-likeness (QED) is 0.531. The fraction of sp³-hybridized carbons (Fsp3) is 0.278. The van der Waals surface area contributed by atoms with E-state index in [-0.39, 0.29) is 0 Å². The van der Waals surface area contributed by atoms with Crippen molar-refractivity contribution in [3.05, 3.63) is 42.4 Å². The summed E-state index contributed by atoms with van der Waals surface area (Å²) in [5, 5.41) is 12.1. The van der Waals surface area contributed by atoms with Gasteiger partial charge in [0.05, 0.1) is 22.9 Å². The van der Waals surface area contributed by atoms with Crippen LogP contribution in [0.2, 0.25) is 0 Å². The maximum Gasteiger partial charge on any atom is 0.135 e. The molecule has 0 amide bonds. The predicted molar refractivity (Wildman–Crippen MR) is 93.8 cm³/mol. The number of hydrogen-bond donors (Lipinski definition) is 3. The summed E-state index contributed by atoms with van der Waals surface area (Å²) >= 11 is 0. The Bertz CT molecular complexity index is 976. The van der Waals surface area contributed by atoms with Crippen LogP contribution in [0.1, 0.15) is 24.5 Å². The lowest BCUT2D eigenvalue weighted by molar-refractivity contribution is 0.454. The summed E-state index contributed by atoms with van der Waals surface area (Å²) in [5.74, 6) is 0.533. The number of pyridine rings is 2. The lowest BCUT2D eigenvalue weighted by Crippen LogP contribution is -2.27. The molecule has 0 bridgehead atoms. The van der Waals surface area contributed by atoms with E-state index in [9.17, 15) is 0 Å². The number of rotatable bonds is 2. The summed E-state index contributed by atoms with van der Waals surface area (Å²) in [5.41, 5.74) is 5.93. The number of hydrogen-bond acceptors (Lipinski definition) is 4. The minimum absolute atomic E-state index is 0.533. The van der Waals surface area contributed by atoms with Gasteiger partial charge in [-0.3, -0.25) is 10.1 Å². The summed E-state index contributed by atoms with van der Waals surface area (Å²) in [6, 6.07) is 8.33. The van der Waals surface area contributed by atoms with Crippen molar-refractivity contribution < 1.29 is 0 Å². The van der Waals surface area contributed by atoms with Crippen molar-refractivity contribution in [2.24, 2.45) is 0 Å². The average Bonchev–Trinajstić information content (AvgIpc) is 3.25. The van der Waals surface area contributed by atoms with Gasteiger partial charge >= 0.3 is 0 Å². The summed E-state index contributed by atoms with van der Waals surface area (Å²) in [6.45, 7) is 2.13. The molecule has 120 valence electrons. The molecule has 6 heteroatoms. The lowest BCUT2D eigenvalue weighted by atomic mass is 9.94. The molecule has 1 aliphatic rings. The van der Waals surface area contributed by atoms with Crippen molar-refractivity contribution in [1.29, 1.82) is 0 Å². The second-order valence-corrected chi connectivity index (χ2v) is 6.37. The third kappa shape index (κ3) is 2.18. The maximum absolute atomic E-state index is 4.95. The molecule has 4 aromatic heterocycles. The van der Waals surface area contributed by atoms with Gasteiger partial charge < -0.3 is 10.3 Å². The minimum atomic E-state index is 0.533. The van der Waals surface area contributed by atoms with Crippen LogP contribution >= 0.6 is 0 Å². The highest BCUT2D eigenvalue weighted by Gasteiger charge is 2.19. The number of nitrogens with one attached hydrogen (secondary N) is 3. The molecule has 0 radical (unpaired) electrons. The minimum Gasteiger partial charge on any atom is -0.352 e. The van der Waals surface area contributed by atoms with Gasteiger partial charge in [0.1, 0.15) is 11.2 Å². The van der Waals surface area contributed by atoms with Crippen molar-refractivity contribution in [2.75, 3.05) is 13.1 Å². The lowest BCUT2D eigenvalue weighted by Gasteiger charge is -2.22. The van der Waals surface area contributed by atoms with Crippen molar-refractivity contribution in [3.63, 3.8) is 0 Å². The van der Waals surface area contributed by atoms with E-state index in [1.807, 2.05) is 12.3 Å². The third-order valence-corrected chi connectivity index (χ3v) is 4.87. The van der Waals surface area contributed by atoms with Crippen LogP contribution in [0.25, 0.3) is 33.3 Å². The van der Waals surface area contributed by atoms with E-state index in [4.69, 9.17) is 4.98 Å². The molecule has 1 saturated heterocycles. The first kappa shape index (κ1) is 13.7. The van der Waals surface area contributed by atoms with Crippen molar-refractivity contribution in [1.82, 2.24) is 30.5 Å². The van der Waals surface area contributed by atoms with E-state index < -0.39 is 0 Å². The summed E-state index contributed by atoms with van der Waals surface area (Å²) in [7, 11) is 0. The molecule has 4 aromatic rings.